The number of rotatable bonds is 8. The molecule has 0 spiro atoms. The Bertz CT molecular complexity index is 1650. The van der Waals surface area contributed by atoms with Crippen molar-refractivity contribution in [2.45, 2.75) is 39.9 Å². The highest BCUT2D eigenvalue weighted by atomic mass is 32.1. The Morgan fingerprint density at radius 2 is 1.95 bits per heavy atom. The number of benzene rings is 1. The van der Waals surface area contributed by atoms with Gasteiger partial charge in [0.15, 0.2) is 5.69 Å². The third-order valence-corrected chi connectivity index (χ3v) is 6.83. The molecule has 0 aliphatic carbocycles. The fourth-order valence-electron chi connectivity index (χ4n) is 4.23. The number of primary amides is 1. The van der Waals surface area contributed by atoms with Gasteiger partial charge in [-0.3, -0.25) is 14.9 Å². The van der Waals surface area contributed by atoms with Crippen LogP contribution in [-0.2, 0) is 19.1 Å². The first-order valence-corrected chi connectivity index (χ1v) is 13.3. The molecule has 1 aromatic carbocycles. The standard InChI is InChI=1S/C27H27F3N6O3S/c1-4-32-26(39)35-22-9-18(25-34-21(13-40-25)27(28,29)30)16(10-33-22)7-15-5-6-17-20(8-15)36(11-14(2)3)12-19(23(17)37)24(31)38/h5-6,8-10,12-14H,4,7,11H2,1-3H3,(H2,31,38)(H2,32,33,35,39). The summed E-state index contributed by atoms with van der Waals surface area (Å²) in [7, 11) is 0. The van der Waals surface area contributed by atoms with E-state index < -0.39 is 29.2 Å². The molecule has 0 unspecified atom stereocenters. The van der Waals surface area contributed by atoms with E-state index in [4.69, 9.17) is 5.73 Å². The van der Waals surface area contributed by atoms with Crippen molar-refractivity contribution < 1.29 is 22.8 Å². The molecule has 9 nitrogen and oxygen atoms in total. The molecule has 0 aliphatic rings. The van der Waals surface area contributed by atoms with Crippen LogP contribution in [0.1, 0.15) is 48.0 Å². The maximum atomic E-state index is 13.3. The number of hydrogen-bond donors (Lipinski definition) is 3. The number of fused-ring (bicyclic) bond motifs is 1. The zero-order chi connectivity index (χ0) is 29.2. The molecular weight excluding hydrogens is 545 g/mol. The number of carbonyl (C=O) groups is 2. The zero-order valence-electron chi connectivity index (χ0n) is 21.9. The summed E-state index contributed by atoms with van der Waals surface area (Å²) in [6, 6.07) is 6.11. The summed E-state index contributed by atoms with van der Waals surface area (Å²) < 4.78 is 41.7. The molecule has 3 aromatic heterocycles. The first-order chi connectivity index (χ1) is 18.9. The van der Waals surface area contributed by atoms with Gasteiger partial charge in [0, 0.05) is 41.8 Å². The number of thiazole rings is 1. The molecule has 4 aromatic rings. The second-order valence-electron chi connectivity index (χ2n) is 9.56. The molecule has 0 saturated heterocycles. The lowest BCUT2D eigenvalue weighted by Gasteiger charge is -2.16. The SMILES string of the molecule is CCNC(=O)Nc1cc(-c2nc(C(F)(F)F)cs2)c(Cc2ccc3c(=O)c(C(N)=O)cn(CC(C)C)c3c2)cn1. The van der Waals surface area contributed by atoms with Gasteiger partial charge in [0.25, 0.3) is 5.91 Å². The monoisotopic (exact) mass is 572 g/mol. The van der Waals surface area contributed by atoms with Gasteiger partial charge in [-0.05, 0) is 48.6 Å². The van der Waals surface area contributed by atoms with Crippen LogP contribution in [0.15, 0.2) is 46.8 Å². The Morgan fingerprint density at radius 3 is 2.58 bits per heavy atom. The van der Waals surface area contributed by atoms with E-state index in [1.54, 1.807) is 29.7 Å². The molecule has 40 heavy (non-hydrogen) atoms. The summed E-state index contributed by atoms with van der Waals surface area (Å²) in [5.74, 6) is -0.465. The van der Waals surface area contributed by atoms with E-state index in [1.807, 2.05) is 13.8 Å². The number of anilines is 1. The highest BCUT2D eigenvalue weighted by molar-refractivity contribution is 7.13. The summed E-state index contributed by atoms with van der Waals surface area (Å²) in [5, 5.41) is 6.53. The third kappa shape index (κ3) is 6.30. The Balaban J connectivity index is 1.81. The molecule has 0 aliphatic heterocycles. The number of halogens is 3. The van der Waals surface area contributed by atoms with Crippen LogP contribution in [-0.4, -0.2) is 33.0 Å². The van der Waals surface area contributed by atoms with Gasteiger partial charge in [-0.2, -0.15) is 13.2 Å². The highest BCUT2D eigenvalue weighted by Gasteiger charge is 2.34. The van der Waals surface area contributed by atoms with Crippen LogP contribution in [0.25, 0.3) is 21.5 Å². The summed E-state index contributed by atoms with van der Waals surface area (Å²) in [5.41, 5.74) is 6.13. The van der Waals surface area contributed by atoms with Crippen molar-refractivity contribution in [3.05, 3.63) is 74.6 Å². The van der Waals surface area contributed by atoms with E-state index in [0.717, 1.165) is 22.3 Å². The molecule has 0 bridgehead atoms. The number of pyridine rings is 2. The second-order valence-corrected chi connectivity index (χ2v) is 10.4. The van der Waals surface area contributed by atoms with Gasteiger partial charge in [-0.25, -0.2) is 14.8 Å². The Labute approximate surface area is 231 Å². The number of nitrogens with zero attached hydrogens (tertiary/aromatic N) is 3. The van der Waals surface area contributed by atoms with E-state index >= 15 is 0 Å². The number of carbonyl (C=O) groups excluding carboxylic acids is 2. The average Bonchev–Trinajstić information content (AvgIpc) is 3.37. The van der Waals surface area contributed by atoms with Crippen molar-refractivity contribution in [1.29, 1.82) is 0 Å². The second kappa shape index (κ2) is 11.5. The fraction of sp³-hybridized carbons (Fsp3) is 0.296. The minimum absolute atomic E-state index is 0.105. The quantitative estimate of drug-likeness (QED) is 0.273. The van der Waals surface area contributed by atoms with Gasteiger partial charge >= 0.3 is 12.2 Å². The van der Waals surface area contributed by atoms with Crippen LogP contribution in [0.3, 0.4) is 0 Å². The normalized spacial score (nSPS) is 11.7. The number of aromatic nitrogens is 3. The van der Waals surface area contributed by atoms with E-state index in [-0.39, 0.29) is 28.7 Å². The van der Waals surface area contributed by atoms with Crippen LogP contribution in [0.2, 0.25) is 0 Å². The van der Waals surface area contributed by atoms with Gasteiger partial charge in [0.2, 0.25) is 5.43 Å². The lowest BCUT2D eigenvalue weighted by Crippen LogP contribution is -2.28. The summed E-state index contributed by atoms with van der Waals surface area (Å²) in [4.78, 5) is 44.9. The minimum atomic E-state index is -4.60. The average molecular weight is 573 g/mol. The van der Waals surface area contributed by atoms with Crippen molar-refractivity contribution in [2.75, 3.05) is 11.9 Å². The van der Waals surface area contributed by atoms with Crippen molar-refractivity contribution in [3.63, 3.8) is 0 Å². The lowest BCUT2D eigenvalue weighted by atomic mass is 9.99. The largest absolute Gasteiger partial charge is 0.434 e. The predicted molar refractivity (Wildman–Crippen MR) is 147 cm³/mol. The summed E-state index contributed by atoms with van der Waals surface area (Å²) in [6.45, 7) is 6.63. The molecule has 4 N–H and O–H groups in total. The fourth-order valence-corrected chi connectivity index (χ4v) is 5.10. The number of urea groups is 1. The molecule has 0 radical (unpaired) electrons. The van der Waals surface area contributed by atoms with Crippen molar-refractivity contribution >= 4 is 40.0 Å². The summed E-state index contributed by atoms with van der Waals surface area (Å²) in [6.07, 6.45) is -1.42. The number of nitrogens with one attached hydrogen (secondary N) is 2. The molecule has 4 rings (SSSR count). The molecule has 13 heteroatoms. The van der Waals surface area contributed by atoms with Crippen LogP contribution in [0, 0.1) is 5.92 Å². The third-order valence-electron chi connectivity index (χ3n) is 5.96. The van der Waals surface area contributed by atoms with Gasteiger partial charge in [-0.1, -0.05) is 19.9 Å². The zero-order valence-corrected chi connectivity index (χ0v) is 22.7. The topological polar surface area (TPSA) is 132 Å². The van der Waals surface area contributed by atoms with E-state index in [1.165, 1.54) is 18.5 Å². The minimum Gasteiger partial charge on any atom is -0.365 e. The molecule has 210 valence electrons. The molecule has 0 atom stereocenters. The number of nitrogens with two attached hydrogens (primary N) is 1. The lowest BCUT2D eigenvalue weighted by molar-refractivity contribution is -0.140. The first kappa shape index (κ1) is 28.7. The number of hydrogen-bond acceptors (Lipinski definition) is 6. The van der Waals surface area contributed by atoms with Crippen LogP contribution >= 0.6 is 11.3 Å². The van der Waals surface area contributed by atoms with E-state index in [9.17, 15) is 27.6 Å². The molecule has 3 amide bonds. The van der Waals surface area contributed by atoms with Gasteiger partial charge in [-0.15, -0.1) is 11.3 Å². The molecule has 0 fully saturated rings. The number of amides is 3. The van der Waals surface area contributed by atoms with Crippen molar-refractivity contribution in [3.8, 4) is 10.6 Å². The van der Waals surface area contributed by atoms with Crippen molar-refractivity contribution in [2.24, 2.45) is 11.7 Å². The Morgan fingerprint density at radius 1 is 1.20 bits per heavy atom. The van der Waals surface area contributed by atoms with E-state index in [2.05, 4.69) is 20.6 Å². The first-order valence-electron chi connectivity index (χ1n) is 12.4. The van der Waals surface area contributed by atoms with Crippen molar-refractivity contribution in [1.82, 2.24) is 19.9 Å². The number of alkyl halides is 3. The Kier molecular flexibility index (Phi) is 8.24. The van der Waals surface area contributed by atoms with Gasteiger partial charge in [0.05, 0.1) is 5.52 Å². The maximum Gasteiger partial charge on any atom is 0.434 e. The van der Waals surface area contributed by atoms with E-state index in [0.29, 0.717) is 35.1 Å². The van der Waals surface area contributed by atoms with Crippen LogP contribution in [0.4, 0.5) is 23.8 Å². The maximum absolute atomic E-state index is 13.3. The van der Waals surface area contributed by atoms with Gasteiger partial charge in [0.1, 0.15) is 16.4 Å². The molecular formula is C27H27F3N6O3S. The predicted octanol–water partition coefficient (Wildman–Crippen LogP) is 5.03. The highest BCUT2D eigenvalue weighted by Crippen LogP contribution is 2.36. The molecule has 3 heterocycles. The van der Waals surface area contributed by atoms with Gasteiger partial charge < -0.3 is 15.6 Å². The molecule has 0 saturated carbocycles. The Hall–Kier alpha value is -4.26. The van der Waals surface area contributed by atoms with Crippen LogP contribution < -0.4 is 21.8 Å². The van der Waals surface area contributed by atoms with Crippen LogP contribution in [0.5, 0.6) is 0 Å². The smallest absolute Gasteiger partial charge is 0.365 e. The summed E-state index contributed by atoms with van der Waals surface area (Å²) >= 11 is 0.834.